The van der Waals surface area contributed by atoms with E-state index in [1.165, 1.54) is 4.31 Å². The van der Waals surface area contributed by atoms with Gasteiger partial charge in [-0.3, -0.25) is 4.31 Å². The second-order valence-electron chi connectivity index (χ2n) is 3.95. The molecule has 86 valence electrons. The molecule has 15 heavy (non-hydrogen) atoms. The lowest BCUT2D eigenvalue weighted by atomic mass is 9.96. The van der Waals surface area contributed by atoms with E-state index in [9.17, 15) is 13.6 Å². The van der Waals surface area contributed by atoms with Crippen molar-refractivity contribution in [1.82, 2.24) is 9.21 Å². The molecule has 2 aliphatic rings. The summed E-state index contributed by atoms with van der Waals surface area (Å²) in [5.41, 5.74) is 0. The van der Waals surface area contributed by atoms with Crippen molar-refractivity contribution in [2.24, 2.45) is 0 Å². The Bertz CT molecular complexity index is 290. The van der Waals surface area contributed by atoms with Crippen LogP contribution in [0.5, 0.6) is 0 Å². The van der Waals surface area contributed by atoms with E-state index in [0.29, 0.717) is 6.42 Å². The third kappa shape index (κ3) is 1.57. The fraction of sp³-hybridized carbons (Fsp3) is 0.875. The van der Waals surface area contributed by atoms with Gasteiger partial charge in [-0.1, -0.05) is 12.8 Å². The van der Waals surface area contributed by atoms with Gasteiger partial charge in [0.25, 0.3) is 5.92 Å². The number of alkyl halides is 2. The molecule has 0 aliphatic carbocycles. The number of piperidine rings is 1. The zero-order valence-corrected chi connectivity index (χ0v) is 8.83. The van der Waals surface area contributed by atoms with Crippen LogP contribution >= 0.6 is 12.8 Å². The Morgan fingerprint density at radius 1 is 1.53 bits per heavy atom. The molecule has 2 amide bonds. The lowest BCUT2D eigenvalue weighted by Crippen LogP contribution is -2.52. The van der Waals surface area contributed by atoms with E-state index >= 15 is 0 Å². The molecular weight excluding hydrogens is 226 g/mol. The summed E-state index contributed by atoms with van der Waals surface area (Å²) in [6, 6.07) is -1.76. The molecule has 0 spiro atoms. The Labute approximate surface area is 91.4 Å². The molecule has 0 aromatic carbocycles. The number of fused-ring (bicyclic) bond motifs is 2. The number of amides is 2. The van der Waals surface area contributed by atoms with Crippen molar-refractivity contribution < 1.29 is 18.7 Å². The minimum Gasteiger partial charge on any atom is -0.390 e. The number of thiol groups is 1. The van der Waals surface area contributed by atoms with Crippen LogP contribution in [0.25, 0.3) is 0 Å². The van der Waals surface area contributed by atoms with Crippen molar-refractivity contribution in [2.45, 2.75) is 30.8 Å². The van der Waals surface area contributed by atoms with Crippen molar-refractivity contribution in [3.63, 3.8) is 0 Å². The minimum atomic E-state index is -3.22. The van der Waals surface area contributed by atoms with E-state index in [1.807, 2.05) is 0 Å². The lowest BCUT2D eigenvalue weighted by molar-refractivity contribution is -0.109. The first-order valence-corrected chi connectivity index (χ1v) is 5.15. The number of aliphatic hydroxyl groups excluding tert-OH is 1. The summed E-state index contributed by atoms with van der Waals surface area (Å²) in [6.07, 6.45) is 0.715. The molecule has 2 bridgehead atoms. The van der Waals surface area contributed by atoms with Crippen LogP contribution in [0.1, 0.15) is 12.8 Å². The third-order valence-electron chi connectivity index (χ3n) is 3.04. The van der Waals surface area contributed by atoms with Crippen LogP contribution in [0.4, 0.5) is 13.6 Å². The van der Waals surface area contributed by atoms with Gasteiger partial charge in [-0.15, -0.1) is 0 Å². The molecule has 2 rings (SSSR count). The summed E-state index contributed by atoms with van der Waals surface area (Å²) in [4.78, 5) is 12.6. The van der Waals surface area contributed by atoms with E-state index in [2.05, 4.69) is 12.8 Å². The fourth-order valence-corrected chi connectivity index (χ4v) is 2.50. The molecule has 2 aliphatic heterocycles. The van der Waals surface area contributed by atoms with E-state index < -0.39 is 24.6 Å². The maximum atomic E-state index is 13.3. The van der Waals surface area contributed by atoms with Gasteiger partial charge in [0.15, 0.2) is 0 Å². The molecule has 0 aromatic heterocycles. The van der Waals surface area contributed by atoms with E-state index in [0.717, 1.165) is 4.90 Å². The molecule has 1 N–H and O–H groups in total. The largest absolute Gasteiger partial charge is 0.390 e. The van der Waals surface area contributed by atoms with Gasteiger partial charge >= 0.3 is 6.03 Å². The third-order valence-corrected chi connectivity index (χ3v) is 3.54. The number of carbonyl (C=O) groups excluding carboxylic acids is 1. The zero-order chi connectivity index (χ0) is 11.2. The van der Waals surface area contributed by atoms with Gasteiger partial charge in [0.1, 0.15) is 6.61 Å². The molecule has 0 aromatic rings. The number of carbonyl (C=O) groups is 1. The van der Waals surface area contributed by atoms with Crippen LogP contribution in [0.15, 0.2) is 0 Å². The summed E-state index contributed by atoms with van der Waals surface area (Å²) in [6.45, 7) is -0.943. The molecular formula is C8H12F2N2O2S. The predicted octanol–water partition coefficient (Wildman–Crippen LogP) is 0.727. The Morgan fingerprint density at radius 3 is 2.80 bits per heavy atom. The summed E-state index contributed by atoms with van der Waals surface area (Å²) >= 11 is 3.96. The number of nitrogens with zero attached hydrogens (tertiary/aromatic N) is 2. The lowest BCUT2D eigenvalue weighted by Gasteiger charge is -2.35. The van der Waals surface area contributed by atoms with Crippen LogP contribution in [-0.4, -0.2) is 51.5 Å². The maximum absolute atomic E-state index is 13.3. The van der Waals surface area contributed by atoms with Crippen LogP contribution in [0.2, 0.25) is 0 Å². The monoisotopic (exact) mass is 238 g/mol. The summed E-state index contributed by atoms with van der Waals surface area (Å²) in [5.74, 6) is -3.22. The first kappa shape index (κ1) is 10.9. The van der Waals surface area contributed by atoms with Crippen LogP contribution in [0.3, 0.4) is 0 Å². The maximum Gasteiger partial charge on any atom is 0.330 e. The predicted molar refractivity (Wildman–Crippen MR) is 51.8 cm³/mol. The van der Waals surface area contributed by atoms with Gasteiger partial charge in [0, 0.05) is 6.54 Å². The first-order chi connectivity index (χ1) is 6.97. The Hall–Kier alpha value is -0.560. The number of hydrogen-bond acceptors (Lipinski definition) is 3. The zero-order valence-electron chi connectivity index (χ0n) is 7.94. The number of hydrogen-bond donors (Lipinski definition) is 2. The van der Waals surface area contributed by atoms with E-state index in [1.54, 1.807) is 0 Å². The second-order valence-corrected chi connectivity index (χ2v) is 4.38. The van der Waals surface area contributed by atoms with Crippen LogP contribution < -0.4 is 0 Å². The summed E-state index contributed by atoms with van der Waals surface area (Å²) in [5, 5.41) is 8.60. The van der Waals surface area contributed by atoms with E-state index in [4.69, 9.17) is 5.11 Å². The molecule has 0 unspecified atom stereocenters. The number of rotatable bonds is 2. The second kappa shape index (κ2) is 3.48. The van der Waals surface area contributed by atoms with Gasteiger partial charge in [-0.25, -0.2) is 13.6 Å². The van der Waals surface area contributed by atoms with E-state index in [-0.39, 0.29) is 19.0 Å². The van der Waals surface area contributed by atoms with Gasteiger partial charge in [0.05, 0.1) is 12.1 Å². The fourth-order valence-electron chi connectivity index (χ4n) is 2.20. The number of urea groups is 1. The average molecular weight is 238 g/mol. The summed E-state index contributed by atoms with van der Waals surface area (Å²) in [7, 11) is 0. The Morgan fingerprint density at radius 2 is 2.20 bits per heavy atom. The molecule has 2 heterocycles. The topological polar surface area (TPSA) is 43.8 Å². The highest BCUT2D eigenvalue weighted by atomic mass is 32.1. The van der Waals surface area contributed by atoms with Crippen molar-refractivity contribution in [2.75, 3.05) is 13.2 Å². The van der Waals surface area contributed by atoms with Crippen LogP contribution in [0, 0.1) is 0 Å². The smallest absolute Gasteiger partial charge is 0.330 e. The molecule has 0 saturated carbocycles. The molecule has 2 atom stereocenters. The van der Waals surface area contributed by atoms with Crippen molar-refractivity contribution in [1.29, 1.82) is 0 Å². The molecule has 2 saturated heterocycles. The highest BCUT2D eigenvalue weighted by Crippen LogP contribution is 2.37. The standard InChI is InChI=1S/C8H12F2N2O2S/c9-8(10,4-13)6-2-1-5-3-11(6)7(14)12(5)15/h5-6,13,15H,1-4H2/t5-,6+/m1/s1. The molecule has 2 fully saturated rings. The number of aliphatic hydroxyl groups is 1. The van der Waals surface area contributed by atoms with Gasteiger partial charge < -0.3 is 10.0 Å². The quantitative estimate of drug-likeness (QED) is 0.696. The summed E-state index contributed by atoms with van der Waals surface area (Å²) < 4.78 is 27.8. The van der Waals surface area contributed by atoms with Crippen molar-refractivity contribution in [3.8, 4) is 0 Å². The highest BCUT2D eigenvalue weighted by molar-refractivity contribution is 7.78. The Balaban J connectivity index is 2.20. The molecule has 0 radical (unpaired) electrons. The van der Waals surface area contributed by atoms with Crippen molar-refractivity contribution in [3.05, 3.63) is 0 Å². The number of halogens is 2. The normalized spacial score (nSPS) is 31.3. The van der Waals surface area contributed by atoms with Crippen LogP contribution in [-0.2, 0) is 0 Å². The van der Waals surface area contributed by atoms with Gasteiger partial charge in [-0.05, 0) is 12.8 Å². The molecule has 4 nitrogen and oxygen atoms in total. The van der Waals surface area contributed by atoms with Crippen molar-refractivity contribution >= 4 is 18.8 Å². The Kier molecular flexibility index (Phi) is 2.54. The van der Waals surface area contributed by atoms with Gasteiger partial charge in [-0.2, -0.15) is 0 Å². The SMILES string of the molecule is O=C1N(S)[C@@H]2CC[C@@H](C(F)(F)CO)N1C2. The molecule has 7 heteroatoms. The highest BCUT2D eigenvalue weighted by Gasteiger charge is 2.52. The average Bonchev–Trinajstić information content (AvgIpc) is 2.44. The minimum absolute atomic E-state index is 0.0772. The van der Waals surface area contributed by atoms with Gasteiger partial charge in [0.2, 0.25) is 0 Å². The first-order valence-electron chi connectivity index (χ1n) is 4.75.